The molecule has 4 aromatic rings. The van der Waals surface area contributed by atoms with Crippen molar-refractivity contribution in [1.82, 2.24) is 0 Å². The van der Waals surface area contributed by atoms with Gasteiger partial charge in [0.15, 0.2) is 5.78 Å². The van der Waals surface area contributed by atoms with Gasteiger partial charge in [-0.2, -0.15) is 0 Å². The zero-order valence-electron chi connectivity index (χ0n) is 23.8. The first-order valence-corrected chi connectivity index (χ1v) is 14.6. The van der Waals surface area contributed by atoms with Crippen molar-refractivity contribution in [2.45, 2.75) is 51.0 Å². The third kappa shape index (κ3) is 5.14. The molecule has 0 spiro atoms. The second-order valence-corrected chi connectivity index (χ2v) is 12.5. The number of allylic oxidation sites excluding steroid dienone is 1. The van der Waals surface area contributed by atoms with E-state index in [1.54, 1.807) is 41.3 Å². The van der Waals surface area contributed by atoms with E-state index in [4.69, 9.17) is 11.6 Å². The molecule has 6 rings (SSSR count). The molecule has 0 bridgehead atoms. The number of Topliss-reactive ketones (excluding diaryl/α,β-unsaturated/α-hetero) is 1. The fourth-order valence-corrected chi connectivity index (χ4v) is 6.25. The topological polar surface area (TPSA) is 49.4 Å². The molecule has 212 valence electrons. The van der Waals surface area contributed by atoms with Gasteiger partial charge in [-0.05, 0) is 70.8 Å². The van der Waals surface area contributed by atoms with Crippen LogP contribution in [0.25, 0.3) is 0 Å². The fourth-order valence-electron chi connectivity index (χ4n) is 6.03. The highest BCUT2D eigenvalue weighted by molar-refractivity contribution is 6.34. The van der Waals surface area contributed by atoms with Gasteiger partial charge >= 0.3 is 0 Å². The van der Waals surface area contributed by atoms with Gasteiger partial charge in [-0.3, -0.25) is 14.5 Å². The number of carbonyl (C=O) groups excluding carboxylic acids is 2. The summed E-state index contributed by atoms with van der Waals surface area (Å²) in [5.41, 5.74) is 5.95. The Morgan fingerprint density at radius 3 is 2.19 bits per heavy atom. The number of carbonyl (C=O) groups is 2. The number of anilines is 2. The molecule has 42 heavy (non-hydrogen) atoms. The van der Waals surface area contributed by atoms with Crippen LogP contribution in [-0.2, 0) is 10.2 Å². The van der Waals surface area contributed by atoms with E-state index in [0.717, 1.165) is 11.3 Å². The molecule has 0 fully saturated rings. The van der Waals surface area contributed by atoms with E-state index in [9.17, 15) is 14.0 Å². The minimum absolute atomic E-state index is 0.0235. The monoisotopic (exact) mass is 578 g/mol. The third-order valence-corrected chi connectivity index (χ3v) is 8.58. The highest BCUT2D eigenvalue weighted by atomic mass is 35.5. The Hall–Kier alpha value is -4.22. The smallest absolute Gasteiger partial charge is 0.260 e. The largest absolute Gasteiger partial charge is 0.357 e. The van der Waals surface area contributed by atoms with Gasteiger partial charge in [0.25, 0.3) is 5.91 Å². The van der Waals surface area contributed by atoms with Crippen molar-refractivity contribution < 1.29 is 14.0 Å². The summed E-state index contributed by atoms with van der Waals surface area (Å²) in [4.78, 5) is 30.2. The van der Waals surface area contributed by atoms with Gasteiger partial charge in [0.2, 0.25) is 0 Å². The predicted molar refractivity (Wildman–Crippen MR) is 167 cm³/mol. The Labute approximate surface area is 250 Å². The van der Waals surface area contributed by atoms with Crippen molar-refractivity contribution in [1.29, 1.82) is 0 Å². The number of hydrogen-bond acceptors (Lipinski definition) is 3. The van der Waals surface area contributed by atoms with Gasteiger partial charge in [0, 0.05) is 17.7 Å². The predicted octanol–water partition coefficient (Wildman–Crippen LogP) is 8.99. The van der Waals surface area contributed by atoms with Crippen LogP contribution in [-0.4, -0.2) is 11.7 Å². The number of rotatable bonds is 3. The van der Waals surface area contributed by atoms with Crippen LogP contribution in [0, 0.1) is 5.82 Å². The molecule has 2 aliphatic rings. The Morgan fingerprint density at radius 2 is 1.50 bits per heavy atom. The SMILES string of the molecule is CC(C)(C)c1ccc([C@H]2CC(=O)C3=C(C2)Nc2ccccc2N(C(=O)c2ccccc2Cl)[C@H]3c2ccc(F)cc2)cc1. The highest BCUT2D eigenvalue weighted by Crippen LogP contribution is 2.48. The average Bonchev–Trinajstić information content (AvgIpc) is 3.12. The second-order valence-electron chi connectivity index (χ2n) is 12.0. The summed E-state index contributed by atoms with van der Waals surface area (Å²) in [5.74, 6) is -0.805. The Morgan fingerprint density at radius 1 is 0.857 bits per heavy atom. The molecule has 0 aromatic heterocycles. The first kappa shape index (κ1) is 27.9. The van der Waals surface area contributed by atoms with E-state index in [2.05, 4.69) is 50.4 Å². The molecule has 0 unspecified atom stereocenters. The maximum absolute atomic E-state index is 14.4. The number of ketones is 1. The molecular formula is C36H32ClFN2O2. The molecular weight excluding hydrogens is 547 g/mol. The molecule has 0 saturated heterocycles. The summed E-state index contributed by atoms with van der Waals surface area (Å²) < 4.78 is 14.1. The Kier molecular flexibility index (Phi) is 7.24. The van der Waals surface area contributed by atoms with E-state index in [-0.39, 0.29) is 23.0 Å². The van der Waals surface area contributed by atoms with Gasteiger partial charge in [-0.25, -0.2) is 4.39 Å². The lowest BCUT2D eigenvalue weighted by molar-refractivity contribution is -0.116. The number of halogens is 2. The molecule has 0 saturated carbocycles. The molecule has 1 amide bonds. The van der Waals surface area contributed by atoms with Crippen molar-refractivity contribution in [3.63, 3.8) is 0 Å². The van der Waals surface area contributed by atoms with Gasteiger partial charge in [-0.15, -0.1) is 0 Å². The number of hydrogen-bond donors (Lipinski definition) is 1. The van der Waals surface area contributed by atoms with Crippen molar-refractivity contribution in [3.8, 4) is 0 Å². The summed E-state index contributed by atoms with van der Waals surface area (Å²) >= 11 is 6.52. The molecule has 1 aliphatic heterocycles. The van der Waals surface area contributed by atoms with E-state index >= 15 is 0 Å². The first-order valence-electron chi connectivity index (χ1n) is 14.2. The molecule has 0 radical (unpaired) electrons. The number of nitrogens with zero attached hydrogens (tertiary/aromatic N) is 1. The molecule has 1 aliphatic carbocycles. The van der Waals surface area contributed by atoms with Crippen molar-refractivity contribution in [2.24, 2.45) is 0 Å². The quantitative estimate of drug-likeness (QED) is 0.264. The maximum Gasteiger partial charge on any atom is 0.260 e. The summed E-state index contributed by atoms with van der Waals surface area (Å²) in [6.07, 6.45) is 0.896. The number of fused-ring (bicyclic) bond motifs is 1. The van der Waals surface area contributed by atoms with Gasteiger partial charge in [-0.1, -0.05) is 93.0 Å². The maximum atomic E-state index is 14.4. The van der Waals surface area contributed by atoms with E-state index in [0.29, 0.717) is 45.9 Å². The van der Waals surface area contributed by atoms with E-state index < -0.39 is 11.9 Å². The third-order valence-electron chi connectivity index (χ3n) is 8.25. The van der Waals surface area contributed by atoms with Gasteiger partial charge in [0.1, 0.15) is 5.82 Å². The lowest BCUT2D eigenvalue weighted by atomic mass is 9.77. The zero-order chi connectivity index (χ0) is 29.6. The van der Waals surface area contributed by atoms with Crippen LogP contribution >= 0.6 is 11.6 Å². The summed E-state index contributed by atoms with van der Waals surface area (Å²) in [5, 5.41) is 3.86. The average molecular weight is 579 g/mol. The van der Waals surface area contributed by atoms with Crippen LogP contribution in [0.1, 0.15) is 72.6 Å². The summed E-state index contributed by atoms with van der Waals surface area (Å²) in [6, 6.07) is 28.2. The number of nitrogens with one attached hydrogen (secondary N) is 1. The lowest BCUT2D eigenvalue weighted by Crippen LogP contribution is -2.38. The van der Waals surface area contributed by atoms with Crippen molar-refractivity contribution in [3.05, 3.63) is 141 Å². The van der Waals surface area contributed by atoms with Crippen molar-refractivity contribution in [2.75, 3.05) is 10.2 Å². The standard InChI is InChI=1S/C36H32ClFN2O2/c1-36(2,3)25-16-12-22(13-17-25)24-20-30-33(32(41)21-24)34(23-14-18-26(38)19-15-23)40(31-11-7-6-10-29(31)39-30)35(42)27-8-4-5-9-28(27)37/h4-19,24,34,39H,20-21H2,1-3H3/t24-,34+/m1/s1. The highest BCUT2D eigenvalue weighted by Gasteiger charge is 2.42. The second kappa shape index (κ2) is 10.9. The minimum atomic E-state index is -0.780. The molecule has 2 atom stereocenters. The molecule has 6 heteroatoms. The number of benzene rings is 4. The molecule has 4 nitrogen and oxygen atoms in total. The normalized spacial score (nSPS) is 18.6. The van der Waals surface area contributed by atoms with Gasteiger partial charge in [0.05, 0.1) is 28.0 Å². The Bertz CT molecular complexity index is 1700. The summed E-state index contributed by atoms with van der Waals surface area (Å²) in [7, 11) is 0. The van der Waals surface area contributed by atoms with Crippen LogP contribution < -0.4 is 10.2 Å². The fraction of sp³-hybridized carbons (Fsp3) is 0.222. The number of amides is 1. The van der Waals surface area contributed by atoms with Crippen LogP contribution in [0.2, 0.25) is 5.02 Å². The van der Waals surface area contributed by atoms with Crippen LogP contribution in [0.4, 0.5) is 15.8 Å². The molecule has 4 aromatic carbocycles. The zero-order valence-corrected chi connectivity index (χ0v) is 24.6. The first-order chi connectivity index (χ1) is 20.1. The Balaban J connectivity index is 1.52. The van der Waals surface area contributed by atoms with Gasteiger partial charge < -0.3 is 5.32 Å². The van der Waals surface area contributed by atoms with Crippen LogP contribution in [0.15, 0.2) is 108 Å². The minimum Gasteiger partial charge on any atom is -0.357 e. The van der Waals surface area contributed by atoms with E-state index in [1.807, 2.05) is 24.3 Å². The molecule has 1 N–H and O–H groups in total. The van der Waals surface area contributed by atoms with E-state index in [1.165, 1.54) is 17.7 Å². The molecule has 1 heterocycles. The lowest BCUT2D eigenvalue weighted by Gasteiger charge is -2.35. The summed E-state index contributed by atoms with van der Waals surface area (Å²) in [6.45, 7) is 6.55. The van der Waals surface area contributed by atoms with Crippen LogP contribution in [0.3, 0.4) is 0 Å². The number of para-hydroxylation sites is 2. The van der Waals surface area contributed by atoms with Crippen molar-refractivity contribution >= 4 is 34.7 Å². The van der Waals surface area contributed by atoms with Crippen LogP contribution in [0.5, 0.6) is 0 Å².